The Labute approximate surface area is 121 Å². The Hall–Kier alpha value is -1.08. The van der Waals surface area contributed by atoms with Crippen LogP contribution < -0.4 is 5.32 Å². The summed E-state index contributed by atoms with van der Waals surface area (Å²) in [4.78, 5) is 0. The fraction of sp³-hybridized carbons (Fsp3) is 0.579. The normalized spacial score (nSPS) is 44.0. The highest BCUT2D eigenvalue weighted by molar-refractivity contribution is 5.62. The summed E-state index contributed by atoms with van der Waals surface area (Å²) in [7, 11) is 0. The average molecular weight is 265 g/mol. The van der Waals surface area contributed by atoms with E-state index < -0.39 is 0 Å². The van der Waals surface area contributed by atoms with Gasteiger partial charge in [0.15, 0.2) is 0 Å². The molecule has 4 saturated carbocycles. The zero-order valence-electron chi connectivity index (χ0n) is 12.0. The van der Waals surface area contributed by atoms with E-state index in [-0.39, 0.29) is 0 Å². The summed E-state index contributed by atoms with van der Waals surface area (Å²) in [5.41, 5.74) is 3.36. The second-order valence-electron chi connectivity index (χ2n) is 7.81. The number of benzene rings is 1. The molecule has 0 saturated heterocycles. The standard InChI is InChI=1S/C19H23N/c1-2-4-17-16(3-1)5-6-18(17)20-19-10-13-7-14(11-19)9-15(8-13)12-19/h1-6,13-15,18,20H,7-12H2. The molecule has 1 aromatic rings. The molecule has 0 aliphatic heterocycles. The summed E-state index contributed by atoms with van der Waals surface area (Å²) in [5, 5.41) is 4.09. The van der Waals surface area contributed by atoms with Gasteiger partial charge < -0.3 is 5.32 Å². The Morgan fingerprint density at radius 2 is 1.55 bits per heavy atom. The first-order chi connectivity index (χ1) is 9.80. The van der Waals surface area contributed by atoms with Crippen LogP contribution in [0.1, 0.15) is 55.7 Å². The zero-order valence-corrected chi connectivity index (χ0v) is 12.0. The molecular weight excluding hydrogens is 242 g/mol. The summed E-state index contributed by atoms with van der Waals surface area (Å²) >= 11 is 0. The molecule has 1 atom stereocenters. The van der Waals surface area contributed by atoms with Crippen LogP contribution in [0.15, 0.2) is 30.3 Å². The van der Waals surface area contributed by atoms with Crippen LogP contribution in [0.4, 0.5) is 0 Å². The van der Waals surface area contributed by atoms with Crippen LogP contribution >= 0.6 is 0 Å². The van der Waals surface area contributed by atoms with E-state index in [4.69, 9.17) is 0 Å². The predicted molar refractivity (Wildman–Crippen MR) is 82.3 cm³/mol. The van der Waals surface area contributed by atoms with Gasteiger partial charge in [0, 0.05) is 5.54 Å². The molecule has 1 N–H and O–H groups in total. The monoisotopic (exact) mass is 265 g/mol. The van der Waals surface area contributed by atoms with Gasteiger partial charge in [-0.15, -0.1) is 0 Å². The third-order valence-electron chi connectivity index (χ3n) is 6.30. The first kappa shape index (κ1) is 11.6. The SMILES string of the molecule is C1=CC(NC23CC4CC(CC(C4)C2)C3)c2ccccc21. The van der Waals surface area contributed by atoms with E-state index in [2.05, 4.69) is 41.7 Å². The molecule has 5 aliphatic carbocycles. The van der Waals surface area contributed by atoms with E-state index >= 15 is 0 Å². The highest BCUT2D eigenvalue weighted by atomic mass is 15.0. The molecule has 0 spiro atoms. The Morgan fingerprint density at radius 3 is 2.25 bits per heavy atom. The molecule has 0 heterocycles. The van der Waals surface area contributed by atoms with Crippen molar-refractivity contribution < 1.29 is 0 Å². The van der Waals surface area contributed by atoms with Crippen molar-refractivity contribution in [3.8, 4) is 0 Å². The summed E-state index contributed by atoms with van der Waals surface area (Å²) in [6.07, 6.45) is 13.6. The average Bonchev–Trinajstić information content (AvgIpc) is 2.80. The van der Waals surface area contributed by atoms with Crippen LogP contribution in [0, 0.1) is 17.8 Å². The molecule has 1 aromatic carbocycles. The molecule has 4 bridgehead atoms. The Morgan fingerprint density at radius 1 is 0.900 bits per heavy atom. The number of hydrogen-bond donors (Lipinski definition) is 1. The molecule has 0 amide bonds. The Balaban J connectivity index is 1.44. The van der Waals surface area contributed by atoms with Gasteiger partial charge >= 0.3 is 0 Å². The Kier molecular flexibility index (Phi) is 2.30. The fourth-order valence-corrected chi connectivity index (χ4v) is 5.99. The maximum Gasteiger partial charge on any atom is 0.0519 e. The van der Waals surface area contributed by atoms with Crippen LogP contribution in [-0.2, 0) is 0 Å². The van der Waals surface area contributed by atoms with Gasteiger partial charge in [0.1, 0.15) is 0 Å². The molecule has 20 heavy (non-hydrogen) atoms. The van der Waals surface area contributed by atoms with Crippen molar-refractivity contribution in [1.82, 2.24) is 5.32 Å². The number of nitrogens with one attached hydrogen (secondary N) is 1. The van der Waals surface area contributed by atoms with E-state index in [1.165, 1.54) is 49.7 Å². The van der Waals surface area contributed by atoms with E-state index in [1.807, 2.05) is 0 Å². The molecule has 6 rings (SSSR count). The van der Waals surface area contributed by atoms with Gasteiger partial charge in [0.2, 0.25) is 0 Å². The fourth-order valence-electron chi connectivity index (χ4n) is 5.99. The lowest BCUT2D eigenvalue weighted by atomic mass is 9.53. The van der Waals surface area contributed by atoms with Gasteiger partial charge in [0.25, 0.3) is 0 Å². The van der Waals surface area contributed by atoms with E-state index in [1.54, 1.807) is 0 Å². The predicted octanol–water partition coefficient (Wildman–Crippen LogP) is 4.31. The summed E-state index contributed by atoms with van der Waals surface area (Å²) in [6.45, 7) is 0. The first-order valence-electron chi connectivity index (χ1n) is 8.34. The van der Waals surface area contributed by atoms with E-state index in [9.17, 15) is 0 Å². The second-order valence-corrected chi connectivity index (χ2v) is 7.81. The van der Waals surface area contributed by atoms with Crippen molar-refractivity contribution >= 4 is 6.08 Å². The van der Waals surface area contributed by atoms with Gasteiger partial charge in [0.05, 0.1) is 6.04 Å². The van der Waals surface area contributed by atoms with Crippen LogP contribution in [-0.4, -0.2) is 5.54 Å². The molecule has 1 unspecified atom stereocenters. The first-order valence-corrected chi connectivity index (χ1v) is 8.34. The van der Waals surface area contributed by atoms with Crippen molar-refractivity contribution in [2.75, 3.05) is 0 Å². The van der Waals surface area contributed by atoms with Crippen LogP contribution in [0.3, 0.4) is 0 Å². The maximum absolute atomic E-state index is 4.09. The van der Waals surface area contributed by atoms with Crippen molar-refractivity contribution in [3.05, 3.63) is 41.5 Å². The third-order valence-corrected chi connectivity index (χ3v) is 6.30. The minimum atomic E-state index is 0.460. The van der Waals surface area contributed by atoms with Crippen LogP contribution in [0.2, 0.25) is 0 Å². The summed E-state index contributed by atoms with van der Waals surface area (Å²) in [5.74, 6) is 3.07. The zero-order chi connectivity index (χ0) is 13.2. The minimum absolute atomic E-state index is 0.460. The van der Waals surface area contributed by atoms with Gasteiger partial charge in [-0.1, -0.05) is 36.4 Å². The molecule has 104 valence electrons. The maximum atomic E-state index is 4.09. The van der Waals surface area contributed by atoms with Gasteiger partial charge in [-0.2, -0.15) is 0 Å². The van der Waals surface area contributed by atoms with E-state index in [0.29, 0.717) is 11.6 Å². The molecular formula is C19H23N. The minimum Gasteiger partial charge on any atom is -0.301 e. The van der Waals surface area contributed by atoms with E-state index in [0.717, 1.165) is 17.8 Å². The molecule has 1 heteroatoms. The Bertz CT molecular complexity index is 536. The van der Waals surface area contributed by atoms with Gasteiger partial charge in [-0.3, -0.25) is 0 Å². The smallest absolute Gasteiger partial charge is 0.0519 e. The third kappa shape index (κ3) is 1.65. The lowest BCUT2D eigenvalue weighted by Crippen LogP contribution is -2.58. The molecule has 0 aromatic heterocycles. The topological polar surface area (TPSA) is 12.0 Å². The highest BCUT2D eigenvalue weighted by Crippen LogP contribution is 2.56. The molecule has 4 fully saturated rings. The lowest BCUT2D eigenvalue weighted by molar-refractivity contribution is -0.0229. The van der Waals surface area contributed by atoms with Crippen molar-refractivity contribution in [2.45, 2.75) is 50.1 Å². The van der Waals surface area contributed by atoms with Gasteiger partial charge in [-0.05, 0) is 67.4 Å². The van der Waals surface area contributed by atoms with Crippen molar-refractivity contribution in [1.29, 1.82) is 0 Å². The quantitative estimate of drug-likeness (QED) is 0.840. The van der Waals surface area contributed by atoms with Crippen molar-refractivity contribution in [2.24, 2.45) is 17.8 Å². The summed E-state index contributed by atoms with van der Waals surface area (Å²) in [6, 6.07) is 9.33. The largest absolute Gasteiger partial charge is 0.301 e. The molecule has 5 aliphatic rings. The molecule has 0 radical (unpaired) electrons. The molecule has 1 nitrogen and oxygen atoms in total. The number of rotatable bonds is 2. The number of hydrogen-bond acceptors (Lipinski definition) is 1. The van der Waals surface area contributed by atoms with Crippen LogP contribution in [0.25, 0.3) is 6.08 Å². The number of fused-ring (bicyclic) bond motifs is 1. The lowest BCUT2D eigenvalue weighted by Gasteiger charge is -2.57. The van der Waals surface area contributed by atoms with Crippen molar-refractivity contribution in [3.63, 3.8) is 0 Å². The van der Waals surface area contributed by atoms with Gasteiger partial charge in [-0.25, -0.2) is 0 Å². The second kappa shape index (κ2) is 3.98. The summed E-state index contributed by atoms with van der Waals surface area (Å²) < 4.78 is 0. The highest BCUT2D eigenvalue weighted by Gasteiger charge is 2.51. The van der Waals surface area contributed by atoms with Crippen LogP contribution in [0.5, 0.6) is 0 Å².